The van der Waals surface area contributed by atoms with Gasteiger partial charge in [-0.3, -0.25) is 0 Å². The average Bonchev–Trinajstić information content (AvgIpc) is 2.78. The summed E-state index contributed by atoms with van der Waals surface area (Å²) in [7, 11) is 0. The molecule has 3 rings (SSSR count). The molecule has 1 aliphatic carbocycles. The third-order valence-electron chi connectivity index (χ3n) is 6.71. The van der Waals surface area contributed by atoms with Gasteiger partial charge in [0.2, 0.25) is 0 Å². The highest BCUT2D eigenvalue weighted by atomic mass is 19.4. The van der Waals surface area contributed by atoms with E-state index in [2.05, 4.69) is 6.92 Å². The molecular formula is C26H29F7. The minimum Gasteiger partial charge on any atom is -0.230 e. The lowest BCUT2D eigenvalue weighted by molar-refractivity contribution is -0.248. The Kier molecular flexibility index (Phi) is 8.12. The van der Waals surface area contributed by atoms with Crippen LogP contribution in [0, 0.1) is 11.7 Å². The van der Waals surface area contributed by atoms with Gasteiger partial charge in [0.25, 0.3) is 6.17 Å². The van der Waals surface area contributed by atoms with E-state index in [0.29, 0.717) is 17.5 Å². The summed E-state index contributed by atoms with van der Waals surface area (Å²) >= 11 is 0. The summed E-state index contributed by atoms with van der Waals surface area (Å²) < 4.78 is 92.5. The maximum absolute atomic E-state index is 14.3. The molecule has 0 nitrogen and oxygen atoms in total. The Morgan fingerprint density at radius 2 is 1.45 bits per heavy atom. The van der Waals surface area contributed by atoms with E-state index in [1.165, 1.54) is 44.1 Å². The molecule has 0 N–H and O–H groups in total. The van der Waals surface area contributed by atoms with Crippen molar-refractivity contribution in [3.63, 3.8) is 0 Å². The van der Waals surface area contributed by atoms with Crippen LogP contribution in [0.3, 0.4) is 0 Å². The van der Waals surface area contributed by atoms with Gasteiger partial charge >= 0.3 is 12.1 Å². The van der Waals surface area contributed by atoms with Gasteiger partial charge in [-0.25, -0.2) is 8.78 Å². The molecule has 2 aromatic carbocycles. The first kappa shape index (κ1) is 25.6. The highest BCUT2D eigenvalue weighted by Crippen LogP contribution is 2.43. The van der Waals surface area contributed by atoms with Crippen molar-refractivity contribution in [2.24, 2.45) is 5.92 Å². The molecule has 2 aromatic rings. The number of rotatable bonds is 8. The van der Waals surface area contributed by atoms with Crippen LogP contribution in [0.2, 0.25) is 0 Å². The van der Waals surface area contributed by atoms with E-state index in [4.69, 9.17) is 0 Å². The van der Waals surface area contributed by atoms with E-state index >= 15 is 0 Å². The van der Waals surface area contributed by atoms with Crippen molar-refractivity contribution in [2.75, 3.05) is 0 Å². The third kappa shape index (κ3) is 6.10. The fraction of sp³-hybridized carbons (Fsp3) is 0.538. The predicted octanol–water partition coefficient (Wildman–Crippen LogP) is 9.34. The zero-order valence-electron chi connectivity index (χ0n) is 18.6. The van der Waals surface area contributed by atoms with Crippen molar-refractivity contribution in [3.8, 4) is 11.1 Å². The Labute approximate surface area is 190 Å². The van der Waals surface area contributed by atoms with Gasteiger partial charge in [-0.1, -0.05) is 62.9 Å². The largest absolute Gasteiger partial charge is 0.426 e. The second-order valence-electron chi connectivity index (χ2n) is 9.06. The minimum atomic E-state index is -5.79. The van der Waals surface area contributed by atoms with Gasteiger partial charge in [-0.05, 0) is 66.3 Å². The molecule has 0 aromatic heterocycles. The molecule has 1 fully saturated rings. The Balaban J connectivity index is 1.67. The number of benzene rings is 2. The fourth-order valence-electron chi connectivity index (χ4n) is 4.72. The SMILES string of the molecule is CCCCCC1CCC(c2ccc(-c3ccc(C(F)(F)C(F)C(F)(F)F)c(F)c3)cc2)CC1. The van der Waals surface area contributed by atoms with Crippen LogP contribution in [-0.2, 0) is 5.92 Å². The molecule has 0 spiro atoms. The van der Waals surface area contributed by atoms with Crippen molar-refractivity contribution in [3.05, 3.63) is 59.4 Å². The number of halogens is 7. The monoisotopic (exact) mass is 474 g/mol. The Morgan fingerprint density at radius 3 is 2.00 bits per heavy atom. The molecule has 0 saturated heterocycles. The van der Waals surface area contributed by atoms with Crippen LogP contribution in [0.4, 0.5) is 30.7 Å². The van der Waals surface area contributed by atoms with Gasteiger partial charge in [-0.2, -0.15) is 22.0 Å². The van der Waals surface area contributed by atoms with E-state index in [0.717, 1.165) is 30.9 Å². The topological polar surface area (TPSA) is 0 Å². The molecule has 1 aliphatic rings. The summed E-state index contributed by atoms with van der Waals surface area (Å²) in [6.45, 7) is 2.20. The molecule has 0 aliphatic heterocycles. The van der Waals surface area contributed by atoms with Gasteiger partial charge in [0.1, 0.15) is 5.82 Å². The van der Waals surface area contributed by atoms with Crippen LogP contribution >= 0.6 is 0 Å². The zero-order chi connectivity index (χ0) is 24.2. The van der Waals surface area contributed by atoms with Crippen LogP contribution in [0.15, 0.2) is 42.5 Å². The van der Waals surface area contributed by atoms with Crippen LogP contribution in [0.25, 0.3) is 11.1 Å². The minimum absolute atomic E-state index is 0.237. The van der Waals surface area contributed by atoms with Gasteiger partial charge < -0.3 is 0 Å². The molecule has 1 atom stereocenters. The Morgan fingerprint density at radius 1 is 0.848 bits per heavy atom. The Hall–Kier alpha value is -2.05. The molecular weight excluding hydrogens is 445 g/mol. The zero-order valence-corrected chi connectivity index (χ0v) is 18.6. The van der Waals surface area contributed by atoms with Crippen LogP contribution < -0.4 is 0 Å². The molecule has 0 radical (unpaired) electrons. The second-order valence-corrected chi connectivity index (χ2v) is 9.06. The standard InChI is InChI=1S/C26H29F7/c1-2-3-4-5-17-6-8-18(9-7-17)19-10-12-20(13-11-19)21-14-15-22(23(27)16-21)25(29,30)24(28)26(31,32)33/h10-18,24H,2-9H2,1H3. The molecule has 0 heterocycles. The summed E-state index contributed by atoms with van der Waals surface area (Å²) in [5.41, 5.74) is 0.345. The predicted molar refractivity (Wildman–Crippen MR) is 116 cm³/mol. The lowest BCUT2D eigenvalue weighted by Gasteiger charge is -2.29. The molecule has 7 heteroatoms. The number of hydrogen-bond donors (Lipinski definition) is 0. The van der Waals surface area contributed by atoms with Crippen molar-refractivity contribution in [2.45, 2.75) is 82.5 Å². The molecule has 1 unspecified atom stereocenters. The van der Waals surface area contributed by atoms with Gasteiger partial charge in [0.15, 0.2) is 0 Å². The van der Waals surface area contributed by atoms with E-state index < -0.39 is 29.7 Å². The number of alkyl halides is 6. The lowest BCUT2D eigenvalue weighted by Crippen LogP contribution is -2.40. The maximum Gasteiger partial charge on any atom is 0.426 e. The van der Waals surface area contributed by atoms with E-state index in [1.54, 1.807) is 12.1 Å². The van der Waals surface area contributed by atoms with Crippen molar-refractivity contribution in [1.29, 1.82) is 0 Å². The van der Waals surface area contributed by atoms with Crippen molar-refractivity contribution in [1.82, 2.24) is 0 Å². The normalized spacial score (nSPS) is 20.6. The summed E-state index contributed by atoms with van der Waals surface area (Å²) in [4.78, 5) is 0. The number of hydrogen-bond acceptors (Lipinski definition) is 0. The lowest BCUT2D eigenvalue weighted by atomic mass is 9.77. The maximum atomic E-state index is 14.3. The highest BCUT2D eigenvalue weighted by molar-refractivity contribution is 5.64. The molecule has 182 valence electrons. The summed E-state index contributed by atoms with van der Waals surface area (Å²) in [5.74, 6) is -5.36. The van der Waals surface area contributed by atoms with E-state index in [9.17, 15) is 30.7 Å². The second kappa shape index (κ2) is 10.5. The van der Waals surface area contributed by atoms with Gasteiger partial charge in [0.05, 0.1) is 5.56 Å². The first-order chi connectivity index (χ1) is 15.5. The van der Waals surface area contributed by atoms with Crippen LogP contribution in [0.1, 0.15) is 75.3 Å². The smallest absolute Gasteiger partial charge is 0.230 e. The first-order valence-electron chi connectivity index (χ1n) is 11.5. The molecule has 1 saturated carbocycles. The van der Waals surface area contributed by atoms with Gasteiger partial charge in [0, 0.05) is 0 Å². The van der Waals surface area contributed by atoms with Gasteiger partial charge in [-0.15, -0.1) is 0 Å². The molecule has 33 heavy (non-hydrogen) atoms. The first-order valence-corrected chi connectivity index (χ1v) is 11.5. The number of unbranched alkanes of at least 4 members (excludes halogenated alkanes) is 2. The average molecular weight is 475 g/mol. The van der Waals surface area contributed by atoms with Crippen molar-refractivity contribution >= 4 is 0 Å². The summed E-state index contributed by atoms with van der Waals surface area (Å²) in [5, 5.41) is 0. The third-order valence-corrected chi connectivity index (χ3v) is 6.71. The highest BCUT2D eigenvalue weighted by Gasteiger charge is 2.58. The summed E-state index contributed by atoms with van der Waals surface area (Å²) in [6, 6.07) is 9.70. The quantitative estimate of drug-likeness (QED) is 0.264. The molecule has 0 amide bonds. The summed E-state index contributed by atoms with van der Waals surface area (Å²) in [6.07, 6.45) is -0.593. The van der Waals surface area contributed by atoms with Crippen LogP contribution in [0.5, 0.6) is 0 Å². The Bertz CT molecular complexity index is 894. The van der Waals surface area contributed by atoms with E-state index in [-0.39, 0.29) is 5.56 Å². The van der Waals surface area contributed by atoms with Crippen LogP contribution in [-0.4, -0.2) is 12.3 Å². The van der Waals surface area contributed by atoms with E-state index in [1.807, 2.05) is 12.1 Å². The fourth-order valence-corrected chi connectivity index (χ4v) is 4.72. The molecule has 0 bridgehead atoms. The van der Waals surface area contributed by atoms with Crippen molar-refractivity contribution < 1.29 is 30.7 Å².